The number of nitrogens with zero attached hydrogens (tertiary/aromatic N) is 5. The van der Waals surface area contributed by atoms with Gasteiger partial charge in [0.15, 0.2) is 5.75 Å². The van der Waals surface area contributed by atoms with E-state index in [-0.39, 0.29) is 22.7 Å². The molecule has 8 nitrogen and oxygen atoms in total. The zero-order chi connectivity index (χ0) is 17.4. The monoisotopic (exact) mass is 330 g/mol. The van der Waals surface area contributed by atoms with Crippen LogP contribution < -0.4 is 5.56 Å². The highest BCUT2D eigenvalue weighted by Gasteiger charge is 2.19. The molecule has 3 aromatic heterocycles. The molecule has 0 saturated heterocycles. The number of hydrogen-bond acceptors (Lipinski definition) is 6. The minimum absolute atomic E-state index is 0.0359. The van der Waals surface area contributed by atoms with Crippen LogP contribution in [0.4, 0.5) is 5.95 Å². The number of aromatic nitrogens is 4. The summed E-state index contributed by atoms with van der Waals surface area (Å²) in [4.78, 5) is 27.7. The van der Waals surface area contributed by atoms with Crippen molar-refractivity contribution < 1.29 is 5.11 Å². The number of aromatic amines is 1. The predicted octanol–water partition coefficient (Wildman–Crippen LogP) is 1.90. The topological polar surface area (TPSA) is 119 Å². The summed E-state index contributed by atoms with van der Waals surface area (Å²) in [5, 5.41) is 19.8. The van der Waals surface area contributed by atoms with E-state index in [0.29, 0.717) is 11.0 Å². The molecule has 0 aliphatic carbocycles. The van der Waals surface area contributed by atoms with Gasteiger partial charge in [0.2, 0.25) is 5.95 Å². The summed E-state index contributed by atoms with van der Waals surface area (Å²) >= 11 is 0. The Morgan fingerprint density at radius 2 is 2.00 bits per heavy atom. The second kappa shape index (κ2) is 5.58. The average Bonchev–Trinajstić information content (AvgIpc) is 3.02. The lowest BCUT2D eigenvalue weighted by atomic mass is 10.1. The van der Waals surface area contributed by atoms with E-state index in [1.807, 2.05) is 12.1 Å². The number of aromatic hydroxyl groups is 1. The summed E-state index contributed by atoms with van der Waals surface area (Å²) in [6.07, 6.45) is 4.19. The highest BCUT2D eigenvalue weighted by atomic mass is 16.3. The molecule has 0 amide bonds. The number of imidazole rings is 1. The molecule has 0 aliphatic heterocycles. The summed E-state index contributed by atoms with van der Waals surface area (Å²) in [6.45, 7) is 0. The largest absolute Gasteiger partial charge is 0.506 e. The van der Waals surface area contributed by atoms with Gasteiger partial charge in [0, 0.05) is 18.6 Å². The van der Waals surface area contributed by atoms with E-state index in [9.17, 15) is 15.2 Å². The van der Waals surface area contributed by atoms with Crippen LogP contribution in [0.1, 0.15) is 11.1 Å². The molecule has 8 heteroatoms. The van der Waals surface area contributed by atoms with Crippen LogP contribution in [0.2, 0.25) is 0 Å². The first-order valence-corrected chi connectivity index (χ1v) is 7.30. The molecule has 0 aliphatic rings. The molecule has 0 spiro atoms. The van der Waals surface area contributed by atoms with Crippen molar-refractivity contribution in [3.8, 4) is 11.8 Å². The lowest BCUT2D eigenvalue weighted by Crippen LogP contribution is -2.18. The molecule has 1 aromatic carbocycles. The number of nitriles is 1. The van der Waals surface area contributed by atoms with Crippen molar-refractivity contribution in [3.05, 3.63) is 64.2 Å². The molecular formula is C17H10N6O2. The van der Waals surface area contributed by atoms with Crippen LogP contribution in [0.15, 0.2) is 52.5 Å². The van der Waals surface area contributed by atoms with Crippen molar-refractivity contribution in [2.75, 3.05) is 0 Å². The smallest absolute Gasteiger partial charge is 0.269 e. The second-order valence-electron chi connectivity index (χ2n) is 5.19. The first kappa shape index (κ1) is 14.6. The van der Waals surface area contributed by atoms with Gasteiger partial charge < -0.3 is 10.1 Å². The van der Waals surface area contributed by atoms with Gasteiger partial charge in [-0.25, -0.2) is 15.0 Å². The van der Waals surface area contributed by atoms with Gasteiger partial charge in [-0.05, 0) is 18.2 Å². The van der Waals surface area contributed by atoms with Crippen LogP contribution in [-0.2, 0) is 0 Å². The molecule has 3 heterocycles. The lowest BCUT2D eigenvalue weighted by Gasteiger charge is -2.03. The van der Waals surface area contributed by atoms with E-state index < -0.39 is 11.3 Å². The van der Waals surface area contributed by atoms with Crippen molar-refractivity contribution in [1.82, 2.24) is 19.4 Å². The molecule has 0 bridgehead atoms. The highest BCUT2D eigenvalue weighted by molar-refractivity contribution is 5.90. The van der Waals surface area contributed by atoms with Crippen LogP contribution in [0.25, 0.3) is 16.7 Å². The van der Waals surface area contributed by atoms with Gasteiger partial charge >= 0.3 is 0 Å². The summed E-state index contributed by atoms with van der Waals surface area (Å²) in [7, 11) is 0. The van der Waals surface area contributed by atoms with Gasteiger partial charge in [-0.3, -0.25) is 9.20 Å². The maximum Gasteiger partial charge on any atom is 0.269 e. The Labute approximate surface area is 140 Å². The molecule has 120 valence electrons. The Morgan fingerprint density at radius 3 is 2.76 bits per heavy atom. The van der Waals surface area contributed by atoms with Gasteiger partial charge in [-0.2, -0.15) is 5.26 Å². The van der Waals surface area contributed by atoms with Crippen LogP contribution >= 0.6 is 0 Å². The molecule has 25 heavy (non-hydrogen) atoms. The molecule has 0 atom stereocenters. The number of fused-ring (bicyclic) bond motifs is 3. The van der Waals surface area contributed by atoms with Crippen LogP contribution in [-0.4, -0.2) is 30.7 Å². The van der Waals surface area contributed by atoms with E-state index in [1.165, 1.54) is 23.0 Å². The third kappa shape index (κ3) is 2.22. The normalized spacial score (nSPS) is 11.3. The van der Waals surface area contributed by atoms with Gasteiger partial charge in [0.25, 0.3) is 5.56 Å². The minimum atomic E-state index is -0.497. The minimum Gasteiger partial charge on any atom is -0.506 e. The number of hydrogen-bond donors (Lipinski definition) is 2. The standard InChI is InChI=1S/C17H10N6O2/c18-8-10-14(24)11(9-21-17-19-6-3-7-20-17)16(25)23-13-5-2-1-4-12(13)22-15(10)23/h1-7,9,22,24H/b21-9+. The van der Waals surface area contributed by atoms with E-state index in [4.69, 9.17) is 0 Å². The molecule has 0 unspecified atom stereocenters. The zero-order valence-corrected chi connectivity index (χ0v) is 12.7. The highest BCUT2D eigenvalue weighted by Crippen LogP contribution is 2.25. The fourth-order valence-electron chi connectivity index (χ4n) is 2.63. The van der Waals surface area contributed by atoms with Crippen LogP contribution in [0.5, 0.6) is 5.75 Å². The predicted molar refractivity (Wildman–Crippen MR) is 91.2 cm³/mol. The van der Waals surface area contributed by atoms with Crippen molar-refractivity contribution in [1.29, 1.82) is 5.26 Å². The Hall–Kier alpha value is -3.99. The Balaban J connectivity index is 2.05. The number of aliphatic imine (C=N–C) groups is 1. The Morgan fingerprint density at radius 1 is 1.24 bits per heavy atom. The summed E-state index contributed by atoms with van der Waals surface area (Å²) in [6, 6.07) is 10.7. The third-order valence-electron chi connectivity index (χ3n) is 3.76. The number of para-hydroxylation sites is 2. The molecule has 0 fully saturated rings. The number of rotatable bonds is 2. The molecule has 2 N–H and O–H groups in total. The Kier molecular flexibility index (Phi) is 3.26. The van der Waals surface area contributed by atoms with Crippen molar-refractivity contribution in [2.24, 2.45) is 4.99 Å². The fourth-order valence-corrected chi connectivity index (χ4v) is 2.63. The van der Waals surface area contributed by atoms with Gasteiger partial charge in [0.1, 0.15) is 22.8 Å². The number of H-pyrrole nitrogens is 1. The first-order chi connectivity index (χ1) is 12.2. The van der Waals surface area contributed by atoms with Crippen molar-refractivity contribution >= 4 is 28.8 Å². The molecule has 4 rings (SSSR count). The quantitative estimate of drug-likeness (QED) is 0.544. The lowest BCUT2D eigenvalue weighted by molar-refractivity contribution is 0.471. The van der Waals surface area contributed by atoms with Crippen molar-refractivity contribution in [3.63, 3.8) is 0 Å². The SMILES string of the molecule is N#Cc1c(O)c(/C=N/c2ncccn2)c(=O)n2c1[nH]c1ccccc12. The van der Waals surface area contributed by atoms with Gasteiger partial charge in [-0.1, -0.05) is 12.1 Å². The maximum absolute atomic E-state index is 12.9. The molecule has 0 saturated carbocycles. The molecule has 0 radical (unpaired) electrons. The van der Waals surface area contributed by atoms with E-state index >= 15 is 0 Å². The van der Waals surface area contributed by atoms with Gasteiger partial charge in [0.05, 0.1) is 11.0 Å². The molecule has 4 aromatic rings. The Bertz CT molecular complexity index is 1230. The average molecular weight is 330 g/mol. The number of benzene rings is 1. The van der Waals surface area contributed by atoms with Gasteiger partial charge in [-0.15, -0.1) is 0 Å². The van der Waals surface area contributed by atoms with E-state index in [2.05, 4.69) is 19.9 Å². The summed E-state index contributed by atoms with van der Waals surface area (Å²) in [5.41, 5.74) is 0.876. The fraction of sp³-hybridized carbons (Fsp3) is 0. The van der Waals surface area contributed by atoms with E-state index in [0.717, 1.165) is 0 Å². The first-order valence-electron chi connectivity index (χ1n) is 7.30. The summed E-state index contributed by atoms with van der Waals surface area (Å²) < 4.78 is 1.35. The number of nitrogens with one attached hydrogen (secondary N) is 1. The third-order valence-corrected chi connectivity index (χ3v) is 3.76. The van der Waals surface area contributed by atoms with E-state index in [1.54, 1.807) is 24.3 Å². The molecular weight excluding hydrogens is 320 g/mol. The second-order valence-corrected chi connectivity index (χ2v) is 5.19. The van der Waals surface area contributed by atoms with Crippen molar-refractivity contribution in [2.45, 2.75) is 0 Å². The van der Waals surface area contributed by atoms with Crippen LogP contribution in [0.3, 0.4) is 0 Å². The number of pyridine rings is 1. The van der Waals surface area contributed by atoms with Crippen LogP contribution in [0, 0.1) is 11.3 Å². The summed E-state index contributed by atoms with van der Waals surface area (Å²) in [5.74, 6) is -0.289. The maximum atomic E-state index is 12.9. The zero-order valence-electron chi connectivity index (χ0n) is 12.7.